The van der Waals surface area contributed by atoms with Gasteiger partial charge < -0.3 is 10.6 Å². The van der Waals surface area contributed by atoms with Crippen molar-refractivity contribution < 1.29 is 9.59 Å². The minimum atomic E-state index is -0.162. The summed E-state index contributed by atoms with van der Waals surface area (Å²) in [6, 6.07) is 9.26. The molecule has 6 nitrogen and oxygen atoms in total. The van der Waals surface area contributed by atoms with Gasteiger partial charge >= 0.3 is 0 Å². The summed E-state index contributed by atoms with van der Waals surface area (Å²) >= 11 is 0. The summed E-state index contributed by atoms with van der Waals surface area (Å²) in [6.45, 7) is 6.20. The normalized spacial score (nSPS) is 10.3. The number of aromatic nitrogens is 2. The molecule has 0 aliphatic rings. The minimum absolute atomic E-state index is 0.108. The topological polar surface area (TPSA) is 76.0 Å². The number of hydrogen-bond donors (Lipinski definition) is 2. The summed E-state index contributed by atoms with van der Waals surface area (Å²) in [7, 11) is 0. The van der Waals surface area contributed by atoms with Crippen LogP contribution in [0.25, 0.3) is 5.69 Å². The average Bonchev–Trinajstić information content (AvgIpc) is 2.82. The SMILES string of the molecule is CC(=O)NCCNC(=O)c1ccc(-n2nc(C)cc2C)cc1. The van der Waals surface area contributed by atoms with Gasteiger partial charge in [0.15, 0.2) is 0 Å². The molecule has 0 bridgehead atoms. The Morgan fingerprint density at radius 3 is 2.27 bits per heavy atom. The van der Waals surface area contributed by atoms with Gasteiger partial charge in [-0.15, -0.1) is 0 Å². The van der Waals surface area contributed by atoms with Gasteiger partial charge in [-0.2, -0.15) is 5.10 Å². The molecule has 116 valence electrons. The summed E-state index contributed by atoms with van der Waals surface area (Å²) in [5, 5.41) is 9.79. The predicted molar refractivity (Wildman–Crippen MR) is 84.1 cm³/mol. The van der Waals surface area contributed by atoms with Crippen molar-refractivity contribution in [2.75, 3.05) is 13.1 Å². The van der Waals surface area contributed by atoms with Crippen LogP contribution in [0.2, 0.25) is 0 Å². The van der Waals surface area contributed by atoms with Crippen LogP contribution in [0.3, 0.4) is 0 Å². The van der Waals surface area contributed by atoms with Crippen LogP contribution in [-0.2, 0) is 4.79 Å². The lowest BCUT2D eigenvalue weighted by Gasteiger charge is -2.08. The van der Waals surface area contributed by atoms with Crippen LogP contribution >= 0.6 is 0 Å². The Balaban J connectivity index is 1.98. The van der Waals surface area contributed by atoms with E-state index in [2.05, 4.69) is 15.7 Å². The summed E-state index contributed by atoms with van der Waals surface area (Å²) in [6.07, 6.45) is 0. The van der Waals surface area contributed by atoms with E-state index in [4.69, 9.17) is 0 Å². The summed E-state index contributed by atoms with van der Waals surface area (Å²) in [5.74, 6) is -0.270. The van der Waals surface area contributed by atoms with Crippen molar-refractivity contribution in [2.45, 2.75) is 20.8 Å². The predicted octanol–water partition coefficient (Wildman–Crippen LogP) is 1.36. The second-order valence-electron chi connectivity index (χ2n) is 5.12. The van der Waals surface area contributed by atoms with Gasteiger partial charge in [0.1, 0.15) is 0 Å². The first-order valence-electron chi connectivity index (χ1n) is 7.13. The number of carbonyl (C=O) groups excluding carboxylic acids is 2. The van der Waals surface area contributed by atoms with Gasteiger partial charge in [0.2, 0.25) is 5.91 Å². The highest BCUT2D eigenvalue weighted by atomic mass is 16.2. The summed E-state index contributed by atoms with van der Waals surface area (Å²) in [4.78, 5) is 22.7. The zero-order chi connectivity index (χ0) is 16.1. The average molecular weight is 300 g/mol. The van der Waals surface area contributed by atoms with E-state index < -0.39 is 0 Å². The maximum atomic E-state index is 12.0. The Hall–Kier alpha value is -2.63. The van der Waals surface area contributed by atoms with E-state index in [1.54, 1.807) is 12.1 Å². The van der Waals surface area contributed by atoms with Gasteiger partial charge in [0.25, 0.3) is 5.91 Å². The van der Waals surface area contributed by atoms with Crippen LogP contribution in [0.15, 0.2) is 30.3 Å². The molecule has 0 unspecified atom stereocenters. The van der Waals surface area contributed by atoms with Crippen LogP contribution in [0.4, 0.5) is 0 Å². The molecule has 22 heavy (non-hydrogen) atoms. The third-order valence-corrected chi connectivity index (χ3v) is 3.17. The second-order valence-corrected chi connectivity index (χ2v) is 5.12. The molecule has 1 heterocycles. The van der Waals surface area contributed by atoms with Gasteiger partial charge in [-0.1, -0.05) is 0 Å². The molecule has 0 saturated carbocycles. The molecule has 2 N–H and O–H groups in total. The Morgan fingerprint density at radius 2 is 1.73 bits per heavy atom. The van der Waals surface area contributed by atoms with E-state index in [0.29, 0.717) is 18.7 Å². The van der Waals surface area contributed by atoms with Crippen molar-refractivity contribution in [3.05, 3.63) is 47.3 Å². The zero-order valence-electron chi connectivity index (χ0n) is 13.0. The smallest absolute Gasteiger partial charge is 0.251 e. The molecule has 2 rings (SSSR count). The van der Waals surface area contributed by atoms with Crippen LogP contribution in [0, 0.1) is 13.8 Å². The number of amides is 2. The first kappa shape index (κ1) is 15.8. The maximum Gasteiger partial charge on any atom is 0.251 e. The fourth-order valence-corrected chi connectivity index (χ4v) is 2.16. The molecule has 0 atom stereocenters. The van der Waals surface area contributed by atoms with Gasteiger partial charge in [-0.05, 0) is 44.2 Å². The van der Waals surface area contributed by atoms with E-state index in [1.165, 1.54) is 6.92 Å². The van der Waals surface area contributed by atoms with Crippen LogP contribution < -0.4 is 10.6 Å². The molecule has 1 aromatic carbocycles. The largest absolute Gasteiger partial charge is 0.355 e. The molecular weight excluding hydrogens is 280 g/mol. The molecule has 2 amide bonds. The highest BCUT2D eigenvalue weighted by Gasteiger charge is 2.07. The minimum Gasteiger partial charge on any atom is -0.355 e. The van der Waals surface area contributed by atoms with E-state index in [9.17, 15) is 9.59 Å². The first-order valence-corrected chi connectivity index (χ1v) is 7.13. The molecule has 0 fully saturated rings. The lowest BCUT2D eigenvalue weighted by molar-refractivity contribution is -0.118. The molecule has 0 aliphatic carbocycles. The Kier molecular flexibility index (Phi) is 4.93. The van der Waals surface area contributed by atoms with E-state index >= 15 is 0 Å². The van der Waals surface area contributed by atoms with Crippen molar-refractivity contribution >= 4 is 11.8 Å². The molecule has 0 spiro atoms. The lowest BCUT2D eigenvalue weighted by Crippen LogP contribution is -2.33. The van der Waals surface area contributed by atoms with E-state index in [0.717, 1.165) is 17.1 Å². The Labute approximate surface area is 129 Å². The number of nitrogens with one attached hydrogen (secondary N) is 2. The van der Waals surface area contributed by atoms with E-state index in [-0.39, 0.29) is 11.8 Å². The van der Waals surface area contributed by atoms with Gasteiger partial charge in [-0.25, -0.2) is 4.68 Å². The van der Waals surface area contributed by atoms with Crippen LogP contribution in [0.1, 0.15) is 28.7 Å². The fraction of sp³-hybridized carbons (Fsp3) is 0.312. The number of benzene rings is 1. The standard InChI is InChI=1S/C16H20N4O2/c1-11-10-12(2)20(19-11)15-6-4-14(5-7-15)16(22)18-9-8-17-13(3)21/h4-7,10H,8-9H2,1-3H3,(H,17,21)(H,18,22). The number of carbonyl (C=O) groups is 2. The number of nitrogens with zero attached hydrogens (tertiary/aromatic N) is 2. The quantitative estimate of drug-likeness (QED) is 0.819. The van der Waals surface area contributed by atoms with E-state index in [1.807, 2.05) is 36.7 Å². The van der Waals surface area contributed by atoms with Crippen molar-refractivity contribution in [3.63, 3.8) is 0 Å². The fourth-order valence-electron chi connectivity index (χ4n) is 2.16. The number of hydrogen-bond acceptors (Lipinski definition) is 3. The molecule has 0 aliphatic heterocycles. The highest BCUT2D eigenvalue weighted by Crippen LogP contribution is 2.13. The zero-order valence-corrected chi connectivity index (χ0v) is 13.0. The first-order chi connectivity index (χ1) is 10.5. The van der Waals surface area contributed by atoms with Crippen LogP contribution in [-0.4, -0.2) is 34.7 Å². The summed E-state index contributed by atoms with van der Waals surface area (Å²) in [5.41, 5.74) is 3.50. The number of aryl methyl sites for hydroxylation is 2. The van der Waals surface area contributed by atoms with Gasteiger partial charge in [-0.3, -0.25) is 9.59 Å². The third-order valence-electron chi connectivity index (χ3n) is 3.17. The van der Waals surface area contributed by atoms with Crippen LogP contribution in [0.5, 0.6) is 0 Å². The van der Waals surface area contributed by atoms with Crippen molar-refractivity contribution in [3.8, 4) is 5.69 Å². The summed E-state index contributed by atoms with van der Waals surface area (Å²) < 4.78 is 1.84. The van der Waals surface area contributed by atoms with Crippen molar-refractivity contribution in [2.24, 2.45) is 0 Å². The Morgan fingerprint density at radius 1 is 1.09 bits per heavy atom. The third kappa shape index (κ3) is 3.94. The van der Waals surface area contributed by atoms with Crippen molar-refractivity contribution in [1.82, 2.24) is 20.4 Å². The molecule has 0 radical (unpaired) electrons. The molecule has 0 saturated heterocycles. The molecule has 2 aromatic rings. The highest BCUT2D eigenvalue weighted by molar-refractivity contribution is 5.94. The lowest BCUT2D eigenvalue weighted by atomic mass is 10.2. The molecule has 1 aromatic heterocycles. The maximum absolute atomic E-state index is 12.0. The molecular formula is C16H20N4O2. The molecule has 6 heteroatoms. The second kappa shape index (κ2) is 6.89. The monoisotopic (exact) mass is 300 g/mol. The van der Waals surface area contributed by atoms with Gasteiger partial charge in [0.05, 0.1) is 11.4 Å². The Bertz CT molecular complexity index is 674. The van der Waals surface area contributed by atoms with Crippen molar-refractivity contribution in [1.29, 1.82) is 0 Å². The number of rotatable bonds is 5. The van der Waals surface area contributed by atoms with Gasteiger partial charge in [0, 0.05) is 31.3 Å².